The first-order valence-corrected chi connectivity index (χ1v) is 6.25. The molecule has 1 aliphatic rings. The summed E-state index contributed by atoms with van der Waals surface area (Å²) in [6, 6.07) is 5.42. The van der Waals surface area contributed by atoms with E-state index in [2.05, 4.69) is 5.32 Å². The second-order valence-electron chi connectivity index (χ2n) is 4.13. The van der Waals surface area contributed by atoms with Gasteiger partial charge in [0, 0.05) is 17.0 Å². The van der Waals surface area contributed by atoms with Crippen LogP contribution in [0.4, 0.5) is 0 Å². The number of rotatable bonds is 2. The molecule has 2 atom stereocenters. The minimum Gasteiger partial charge on any atom is -0.469 e. The minimum absolute atomic E-state index is 0.0345. The van der Waals surface area contributed by atoms with Crippen LogP contribution in [0.25, 0.3) is 0 Å². The smallest absolute Gasteiger partial charge is 0.315 e. The number of carbonyl (C=O) groups excluding carboxylic acids is 1. The lowest BCUT2D eigenvalue weighted by molar-refractivity contribution is -0.678. The number of halogens is 2. The number of methoxy groups -OCH3 is 1. The summed E-state index contributed by atoms with van der Waals surface area (Å²) in [7, 11) is 1.42. The predicted molar refractivity (Wildman–Crippen MR) is 66.1 cm³/mol. The quantitative estimate of drug-likeness (QED) is 0.836. The molecule has 0 saturated carbocycles. The average molecular weight is 275 g/mol. The summed E-state index contributed by atoms with van der Waals surface area (Å²) >= 11 is 12.0. The summed E-state index contributed by atoms with van der Waals surface area (Å²) in [4.78, 5) is 11.7. The van der Waals surface area contributed by atoms with Crippen LogP contribution >= 0.6 is 23.2 Å². The molecule has 1 aromatic rings. The van der Waals surface area contributed by atoms with Gasteiger partial charge in [-0.2, -0.15) is 0 Å². The van der Waals surface area contributed by atoms with Crippen molar-refractivity contribution in [2.24, 2.45) is 5.92 Å². The molecule has 1 aromatic carbocycles. The predicted octanol–water partition coefficient (Wildman–Crippen LogP) is 1.79. The Hall–Kier alpha value is -0.770. The van der Waals surface area contributed by atoms with E-state index in [-0.39, 0.29) is 17.9 Å². The van der Waals surface area contributed by atoms with Crippen molar-refractivity contribution in [3.63, 3.8) is 0 Å². The molecule has 0 radical (unpaired) electrons. The molecule has 5 heteroatoms. The van der Waals surface area contributed by atoms with Crippen LogP contribution in [0.3, 0.4) is 0 Å². The summed E-state index contributed by atoms with van der Waals surface area (Å²) in [6.07, 6.45) is 0.816. The van der Waals surface area contributed by atoms with Crippen molar-refractivity contribution < 1.29 is 14.8 Å². The van der Waals surface area contributed by atoms with Crippen LogP contribution in [0.5, 0.6) is 0 Å². The van der Waals surface area contributed by atoms with Crippen LogP contribution in [-0.4, -0.2) is 19.6 Å². The molecule has 1 fully saturated rings. The van der Waals surface area contributed by atoms with Gasteiger partial charge in [0.2, 0.25) is 0 Å². The van der Waals surface area contributed by atoms with Crippen LogP contribution in [0.2, 0.25) is 10.0 Å². The highest BCUT2D eigenvalue weighted by molar-refractivity contribution is 6.35. The molecule has 0 spiro atoms. The van der Waals surface area contributed by atoms with Gasteiger partial charge in [-0.3, -0.25) is 4.79 Å². The van der Waals surface area contributed by atoms with E-state index in [9.17, 15) is 4.79 Å². The zero-order valence-corrected chi connectivity index (χ0v) is 11.0. The SMILES string of the molecule is COC(=O)[C@H]1CC[NH2+][C@@H]1c1ccc(Cl)cc1Cl. The van der Waals surface area contributed by atoms with E-state index in [1.54, 1.807) is 12.1 Å². The molecular formula is C12H14Cl2NO2+. The molecule has 2 rings (SSSR count). The highest BCUT2D eigenvalue weighted by atomic mass is 35.5. The molecule has 1 aliphatic heterocycles. The van der Waals surface area contributed by atoms with E-state index >= 15 is 0 Å². The van der Waals surface area contributed by atoms with Crippen LogP contribution in [-0.2, 0) is 9.53 Å². The largest absolute Gasteiger partial charge is 0.469 e. The average Bonchev–Trinajstić information content (AvgIpc) is 2.77. The number of quaternary nitrogens is 1. The summed E-state index contributed by atoms with van der Waals surface area (Å²) < 4.78 is 4.82. The molecule has 0 bridgehead atoms. The van der Waals surface area contributed by atoms with Crippen molar-refractivity contribution in [1.82, 2.24) is 0 Å². The Morgan fingerprint density at radius 3 is 2.88 bits per heavy atom. The maximum Gasteiger partial charge on any atom is 0.315 e. The third kappa shape index (κ3) is 2.57. The standard InChI is InChI=1S/C12H13Cl2NO2/c1-17-12(16)9-4-5-15-11(9)8-3-2-7(13)6-10(8)14/h2-3,6,9,11,15H,4-5H2,1H3/p+1/t9-,11+/m0/s1. The lowest BCUT2D eigenvalue weighted by Gasteiger charge is -2.16. The van der Waals surface area contributed by atoms with Gasteiger partial charge in [0.15, 0.2) is 0 Å². The van der Waals surface area contributed by atoms with Crippen LogP contribution in [0.1, 0.15) is 18.0 Å². The number of hydrogen-bond acceptors (Lipinski definition) is 2. The Balaban J connectivity index is 2.29. The van der Waals surface area contributed by atoms with Crippen molar-refractivity contribution in [1.29, 1.82) is 0 Å². The molecule has 1 saturated heterocycles. The van der Waals surface area contributed by atoms with Gasteiger partial charge < -0.3 is 10.1 Å². The van der Waals surface area contributed by atoms with Crippen LogP contribution in [0.15, 0.2) is 18.2 Å². The maximum atomic E-state index is 11.7. The Morgan fingerprint density at radius 1 is 1.47 bits per heavy atom. The lowest BCUT2D eigenvalue weighted by atomic mass is 9.94. The zero-order chi connectivity index (χ0) is 12.4. The molecule has 0 aliphatic carbocycles. The van der Waals surface area contributed by atoms with Crippen molar-refractivity contribution in [3.05, 3.63) is 33.8 Å². The first-order chi connectivity index (χ1) is 8.13. The Kier molecular flexibility index (Phi) is 3.92. The van der Waals surface area contributed by atoms with Gasteiger partial charge in [-0.15, -0.1) is 0 Å². The molecule has 17 heavy (non-hydrogen) atoms. The van der Waals surface area contributed by atoms with Gasteiger partial charge in [0.1, 0.15) is 12.0 Å². The van der Waals surface area contributed by atoms with E-state index < -0.39 is 0 Å². The number of esters is 1. The van der Waals surface area contributed by atoms with Gasteiger partial charge in [-0.25, -0.2) is 0 Å². The normalized spacial score (nSPS) is 23.7. The van der Waals surface area contributed by atoms with Crippen molar-refractivity contribution >= 4 is 29.2 Å². The minimum atomic E-state index is -0.172. The molecular weight excluding hydrogens is 261 g/mol. The fourth-order valence-electron chi connectivity index (χ4n) is 2.33. The zero-order valence-electron chi connectivity index (χ0n) is 9.45. The molecule has 0 amide bonds. The number of hydrogen-bond donors (Lipinski definition) is 1. The van der Waals surface area contributed by atoms with E-state index in [1.807, 2.05) is 6.07 Å². The topological polar surface area (TPSA) is 42.9 Å². The maximum absolute atomic E-state index is 11.7. The summed E-state index contributed by atoms with van der Waals surface area (Å²) in [5.74, 6) is -0.298. The third-order valence-corrected chi connectivity index (χ3v) is 3.72. The Bertz CT molecular complexity index is 437. The van der Waals surface area contributed by atoms with E-state index in [0.717, 1.165) is 18.5 Å². The van der Waals surface area contributed by atoms with E-state index in [1.165, 1.54) is 7.11 Å². The molecule has 0 aromatic heterocycles. The van der Waals surface area contributed by atoms with Gasteiger partial charge in [0.25, 0.3) is 0 Å². The fraction of sp³-hybridized carbons (Fsp3) is 0.417. The number of benzene rings is 1. The summed E-state index contributed by atoms with van der Waals surface area (Å²) in [5.41, 5.74) is 0.948. The first kappa shape index (κ1) is 12.7. The van der Waals surface area contributed by atoms with Gasteiger partial charge in [0.05, 0.1) is 18.7 Å². The summed E-state index contributed by atoms with van der Waals surface area (Å²) in [6.45, 7) is 0.906. The first-order valence-electron chi connectivity index (χ1n) is 5.49. The van der Waals surface area contributed by atoms with Crippen LogP contribution < -0.4 is 5.32 Å². The van der Waals surface area contributed by atoms with E-state index in [0.29, 0.717) is 10.0 Å². The molecule has 2 N–H and O–H groups in total. The third-order valence-electron chi connectivity index (χ3n) is 3.16. The lowest BCUT2D eigenvalue weighted by Crippen LogP contribution is -2.82. The highest BCUT2D eigenvalue weighted by Gasteiger charge is 2.39. The Labute approximate surface area is 110 Å². The van der Waals surface area contributed by atoms with Gasteiger partial charge >= 0.3 is 5.97 Å². The monoisotopic (exact) mass is 274 g/mol. The summed E-state index contributed by atoms with van der Waals surface area (Å²) in [5, 5.41) is 3.33. The van der Waals surface area contributed by atoms with Gasteiger partial charge in [-0.05, 0) is 12.1 Å². The second-order valence-corrected chi connectivity index (χ2v) is 4.98. The molecule has 92 valence electrons. The fourth-order valence-corrected chi connectivity index (χ4v) is 2.87. The van der Waals surface area contributed by atoms with Gasteiger partial charge in [-0.1, -0.05) is 29.3 Å². The second kappa shape index (κ2) is 5.25. The van der Waals surface area contributed by atoms with E-state index in [4.69, 9.17) is 27.9 Å². The van der Waals surface area contributed by atoms with Crippen molar-refractivity contribution in [3.8, 4) is 0 Å². The Morgan fingerprint density at radius 2 is 2.24 bits per heavy atom. The highest BCUT2D eigenvalue weighted by Crippen LogP contribution is 2.32. The van der Waals surface area contributed by atoms with Crippen LogP contribution in [0, 0.1) is 5.92 Å². The number of ether oxygens (including phenoxy) is 1. The number of nitrogens with two attached hydrogens (primary N) is 1. The number of carbonyl (C=O) groups is 1. The molecule has 3 nitrogen and oxygen atoms in total. The molecule has 0 unspecified atom stereocenters. The van der Waals surface area contributed by atoms with Crippen molar-refractivity contribution in [2.45, 2.75) is 12.5 Å². The van der Waals surface area contributed by atoms with Crippen molar-refractivity contribution in [2.75, 3.05) is 13.7 Å². The molecule has 1 heterocycles.